The summed E-state index contributed by atoms with van der Waals surface area (Å²) in [6.07, 6.45) is 1.13. The number of guanidine groups is 1. The Balaban J connectivity index is 1.33. The molecule has 1 aromatic rings. The highest BCUT2D eigenvalue weighted by Gasteiger charge is 2.18. The van der Waals surface area contributed by atoms with Crippen molar-refractivity contribution >= 4 is 11.6 Å². The summed E-state index contributed by atoms with van der Waals surface area (Å²) in [5.74, 6) is 0.937. The molecule has 0 spiro atoms. The average molecular weight is 431 g/mol. The summed E-state index contributed by atoms with van der Waals surface area (Å²) < 4.78 is 5.45. The average Bonchev–Trinajstić information content (AvgIpc) is 2.81. The van der Waals surface area contributed by atoms with Crippen LogP contribution in [0.4, 0.5) is 5.69 Å². The Hall–Kier alpha value is -1.83. The Bertz CT molecular complexity index is 668. The van der Waals surface area contributed by atoms with E-state index in [-0.39, 0.29) is 0 Å². The van der Waals surface area contributed by atoms with E-state index in [1.165, 1.54) is 11.3 Å². The molecule has 0 radical (unpaired) electrons. The second-order valence-corrected chi connectivity index (χ2v) is 8.67. The molecule has 2 aliphatic heterocycles. The molecule has 174 valence electrons. The van der Waals surface area contributed by atoms with Gasteiger partial charge in [-0.3, -0.25) is 14.8 Å². The number of ether oxygens (including phenoxy) is 1. The molecule has 31 heavy (non-hydrogen) atoms. The first-order valence-electron chi connectivity index (χ1n) is 12.0. The van der Waals surface area contributed by atoms with Crippen LogP contribution in [-0.4, -0.2) is 100 Å². The van der Waals surface area contributed by atoms with Gasteiger partial charge in [0, 0.05) is 64.1 Å². The van der Waals surface area contributed by atoms with Crippen LogP contribution in [0.2, 0.25) is 0 Å². The normalized spacial score (nSPS) is 20.0. The number of benzene rings is 1. The smallest absolute Gasteiger partial charge is 0.191 e. The third-order valence-electron chi connectivity index (χ3n) is 6.21. The fourth-order valence-corrected chi connectivity index (χ4v) is 4.26. The van der Waals surface area contributed by atoms with Crippen LogP contribution < -0.4 is 15.5 Å². The number of anilines is 1. The van der Waals surface area contributed by atoms with E-state index in [0.29, 0.717) is 6.04 Å². The van der Waals surface area contributed by atoms with Gasteiger partial charge in [-0.1, -0.05) is 12.1 Å². The summed E-state index contributed by atoms with van der Waals surface area (Å²) in [4.78, 5) is 12.4. The van der Waals surface area contributed by atoms with Crippen molar-refractivity contribution in [3.05, 3.63) is 29.8 Å². The lowest BCUT2D eigenvalue weighted by molar-refractivity contribution is 0.0220. The molecule has 1 unspecified atom stereocenters. The Morgan fingerprint density at radius 3 is 2.58 bits per heavy atom. The minimum atomic E-state index is 0.448. The van der Waals surface area contributed by atoms with Crippen LogP contribution in [0.5, 0.6) is 0 Å². The summed E-state index contributed by atoms with van der Waals surface area (Å²) in [5.41, 5.74) is 2.70. The summed E-state index contributed by atoms with van der Waals surface area (Å²) in [7, 11) is 0. The van der Waals surface area contributed by atoms with Gasteiger partial charge in [0.05, 0.1) is 19.8 Å². The highest BCUT2D eigenvalue weighted by atomic mass is 16.5. The third kappa shape index (κ3) is 7.98. The standard InChI is InChI=1S/C24H42N6O/c1-4-25-24(27-20-22(3)29-15-17-31-18-16-29)26-9-6-10-28-11-13-30(14-12-28)23-8-5-7-21(2)19-23/h5,7-8,19,22H,4,6,9-18,20H2,1-3H3,(H2,25,26,27). The maximum atomic E-state index is 5.45. The topological polar surface area (TPSA) is 55.4 Å². The number of hydrogen-bond donors (Lipinski definition) is 2. The van der Waals surface area contributed by atoms with Gasteiger partial charge in [0.15, 0.2) is 5.96 Å². The molecule has 2 fully saturated rings. The van der Waals surface area contributed by atoms with Crippen molar-refractivity contribution in [2.75, 3.05) is 83.6 Å². The zero-order chi connectivity index (χ0) is 21.9. The van der Waals surface area contributed by atoms with Gasteiger partial charge in [0.2, 0.25) is 0 Å². The van der Waals surface area contributed by atoms with E-state index in [1.807, 2.05) is 0 Å². The van der Waals surface area contributed by atoms with E-state index in [2.05, 4.69) is 70.4 Å². The van der Waals surface area contributed by atoms with Crippen LogP contribution in [0.3, 0.4) is 0 Å². The number of rotatable bonds is 9. The number of nitrogens with zero attached hydrogens (tertiary/aromatic N) is 4. The zero-order valence-corrected chi connectivity index (χ0v) is 19.8. The molecule has 2 saturated heterocycles. The fourth-order valence-electron chi connectivity index (χ4n) is 4.26. The minimum absolute atomic E-state index is 0.448. The van der Waals surface area contributed by atoms with Gasteiger partial charge in [-0.05, 0) is 51.4 Å². The van der Waals surface area contributed by atoms with Gasteiger partial charge >= 0.3 is 0 Å². The van der Waals surface area contributed by atoms with Crippen molar-refractivity contribution in [3.8, 4) is 0 Å². The van der Waals surface area contributed by atoms with E-state index in [9.17, 15) is 0 Å². The van der Waals surface area contributed by atoms with Crippen LogP contribution in [0.15, 0.2) is 29.3 Å². The fraction of sp³-hybridized carbons (Fsp3) is 0.708. The molecular formula is C24H42N6O. The maximum absolute atomic E-state index is 5.45. The predicted octanol–water partition coefficient (Wildman–Crippen LogP) is 1.78. The molecule has 1 aromatic carbocycles. The Morgan fingerprint density at radius 1 is 1.10 bits per heavy atom. The number of aryl methyl sites for hydroxylation is 1. The molecule has 7 heteroatoms. The highest BCUT2D eigenvalue weighted by molar-refractivity contribution is 5.79. The molecule has 0 saturated carbocycles. The second kappa shape index (κ2) is 12.9. The van der Waals surface area contributed by atoms with Gasteiger partial charge in [0.1, 0.15) is 0 Å². The Morgan fingerprint density at radius 2 is 1.87 bits per heavy atom. The first kappa shape index (κ1) is 23.8. The van der Waals surface area contributed by atoms with Gasteiger partial charge in [-0.2, -0.15) is 0 Å². The van der Waals surface area contributed by atoms with Crippen molar-refractivity contribution in [2.24, 2.45) is 4.99 Å². The van der Waals surface area contributed by atoms with Gasteiger partial charge in [-0.15, -0.1) is 0 Å². The lowest BCUT2D eigenvalue weighted by Crippen LogP contribution is -2.47. The lowest BCUT2D eigenvalue weighted by atomic mass is 10.2. The van der Waals surface area contributed by atoms with E-state index >= 15 is 0 Å². The van der Waals surface area contributed by atoms with E-state index < -0.39 is 0 Å². The quantitative estimate of drug-likeness (QED) is 0.354. The molecule has 0 aromatic heterocycles. The van der Waals surface area contributed by atoms with Crippen molar-refractivity contribution in [1.82, 2.24) is 20.4 Å². The number of piperazine rings is 1. The van der Waals surface area contributed by atoms with Gasteiger partial charge in [-0.25, -0.2) is 0 Å². The molecule has 2 N–H and O–H groups in total. The van der Waals surface area contributed by atoms with E-state index in [4.69, 9.17) is 9.73 Å². The summed E-state index contributed by atoms with van der Waals surface area (Å²) in [5, 5.41) is 6.90. The second-order valence-electron chi connectivity index (χ2n) is 8.67. The number of aliphatic imine (C=N–C) groups is 1. The van der Waals surface area contributed by atoms with Crippen LogP contribution in [-0.2, 0) is 4.74 Å². The van der Waals surface area contributed by atoms with Crippen LogP contribution in [0.1, 0.15) is 25.8 Å². The molecule has 3 rings (SSSR count). The molecule has 0 aliphatic carbocycles. The molecule has 1 atom stereocenters. The SMILES string of the molecule is CCNC(=NCC(C)N1CCOCC1)NCCCN1CCN(c2cccc(C)c2)CC1. The maximum Gasteiger partial charge on any atom is 0.191 e. The van der Waals surface area contributed by atoms with Crippen LogP contribution >= 0.6 is 0 Å². The Kier molecular flexibility index (Phi) is 9.90. The van der Waals surface area contributed by atoms with E-state index in [1.54, 1.807) is 0 Å². The third-order valence-corrected chi connectivity index (χ3v) is 6.21. The first-order chi connectivity index (χ1) is 15.2. The number of nitrogens with one attached hydrogen (secondary N) is 2. The Labute approximate surface area is 188 Å². The van der Waals surface area contributed by atoms with Crippen LogP contribution in [0, 0.1) is 6.92 Å². The largest absolute Gasteiger partial charge is 0.379 e. The predicted molar refractivity (Wildman–Crippen MR) is 130 cm³/mol. The molecule has 7 nitrogen and oxygen atoms in total. The summed E-state index contributed by atoms with van der Waals surface area (Å²) >= 11 is 0. The van der Waals surface area contributed by atoms with Crippen LogP contribution in [0.25, 0.3) is 0 Å². The minimum Gasteiger partial charge on any atom is -0.379 e. The number of hydrogen-bond acceptors (Lipinski definition) is 5. The molecule has 2 heterocycles. The number of morpholine rings is 1. The molecule has 0 bridgehead atoms. The first-order valence-corrected chi connectivity index (χ1v) is 12.0. The van der Waals surface area contributed by atoms with Gasteiger partial charge < -0.3 is 20.3 Å². The van der Waals surface area contributed by atoms with Gasteiger partial charge in [0.25, 0.3) is 0 Å². The van der Waals surface area contributed by atoms with Crippen molar-refractivity contribution in [3.63, 3.8) is 0 Å². The lowest BCUT2D eigenvalue weighted by Gasteiger charge is -2.36. The monoisotopic (exact) mass is 430 g/mol. The van der Waals surface area contributed by atoms with Crippen molar-refractivity contribution < 1.29 is 4.74 Å². The van der Waals surface area contributed by atoms with Crippen molar-refractivity contribution in [1.29, 1.82) is 0 Å². The highest BCUT2D eigenvalue weighted by Crippen LogP contribution is 2.17. The molecule has 2 aliphatic rings. The zero-order valence-electron chi connectivity index (χ0n) is 19.8. The molecule has 0 amide bonds. The summed E-state index contributed by atoms with van der Waals surface area (Å²) in [6.45, 7) is 18.5. The molecular weight excluding hydrogens is 388 g/mol. The van der Waals surface area contributed by atoms with E-state index in [0.717, 1.165) is 91.0 Å². The summed E-state index contributed by atoms with van der Waals surface area (Å²) in [6, 6.07) is 9.30. The van der Waals surface area contributed by atoms with Crippen molar-refractivity contribution in [2.45, 2.75) is 33.2 Å².